The predicted molar refractivity (Wildman–Crippen MR) is 135 cm³/mol. The Morgan fingerprint density at radius 2 is 1.71 bits per heavy atom. The zero-order chi connectivity index (χ0) is 24.8. The van der Waals surface area contributed by atoms with E-state index in [1.54, 1.807) is 18.2 Å². The summed E-state index contributed by atoms with van der Waals surface area (Å²) in [6, 6.07) is 13.0. The average Bonchev–Trinajstić information content (AvgIpc) is 2.97. The monoisotopic (exact) mass is 506 g/mol. The maximum atomic E-state index is 13.3. The molecule has 0 heterocycles. The molecule has 2 aromatic rings. The lowest BCUT2D eigenvalue weighted by Gasteiger charge is -2.26. The Morgan fingerprint density at radius 1 is 1.03 bits per heavy atom. The van der Waals surface area contributed by atoms with Crippen molar-refractivity contribution in [3.8, 4) is 0 Å². The molecule has 1 aliphatic rings. The molecule has 0 aliphatic heterocycles. The van der Waals surface area contributed by atoms with E-state index in [9.17, 15) is 19.8 Å². The summed E-state index contributed by atoms with van der Waals surface area (Å²) in [6.45, 7) is 4.01. The molecule has 0 radical (unpaired) electrons. The van der Waals surface area contributed by atoms with E-state index >= 15 is 0 Å². The highest BCUT2D eigenvalue weighted by atomic mass is 35.5. The first kappa shape index (κ1) is 26.3. The van der Waals surface area contributed by atoms with Gasteiger partial charge in [-0.3, -0.25) is 9.59 Å². The molecule has 0 bridgehead atoms. The zero-order valence-corrected chi connectivity index (χ0v) is 21.0. The highest BCUT2D eigenvalue weighted by molar-refractivity contribution is 6.42. The molecule has 6 nitrogen and oxygen atoms in total. The quantitative estimate of drug-likeness (QED) is 0.407. The summed E-state index contributed by atoms with van der Waals surface area (Å²) in [5.41, 5.74) is 2.89. The number of aliphatic hydroxyl groups excluding tert-OH is 1. The predicted octanol–water partition coefficient (Wildman–Crippen LogP) is 5.56. The van der Waals surface area contributed by atoms with Gasteiger partial charge in [0.25, 0.3) is 0 Å². The Bertz CT molecular complexity index is 997. The van der Waals surface area contributed by atoms with Crippen LogP contribution in [0.3, 0.4) is 0 Å². The average molecular weight is 507 g/mol. The third-order valence-electron chi connectivity index (χ3n) is 6.38. The van der Waals surface area contributed by atoms with Crippen LogP contribution in [0.1, 0.15) is 56.6 Å². The van der Waals surface area contributed by atoms with E-state index < -0.39 is 18.6 Å². The van der Waals surface area contributed by atoms with Crippen LogP contribution in [0.5, 0.6) is 0 Å². The summed E-state index contributed by atoms with van der Waals surface area (Å²) in [6.07, 6.45) is 1.55. The van der Waals surface area contributed by atoms with E-state index in [1.165, 1.54) is 10.5 Å². The molecule has 2 aromatic carbocycles. The largest absolute Gasteiger partial charge is 0.480 e. The molecular weight excluding hydrogens is 475 g/mol. The van der Waals surface area contributed by atoms with Crippen LogP contribution in [0.15, 0.2) is 42.5 Å². The molecule has 8 heteroatoms. The molecular formula is C26H32Cl2N2O4. The standard InChI is InChI=1S/C26H32Cl2N2O4/c1-16(2)18-4-8-20(9-5-18)29-23-11-6-19(7-12-24(23)31)26(34)30(15-25(32)33)14-17-3-10-21(27)22(28)13-17/h3-5,8-10,13,16,19,23-24,29,31H,6-7,11-12,14-15H2,1-2H3,(H,32,33)/t19-,23+,24+/m1/s1. The van der Waals surface area contributed by atoms with Crippen LogP contribution in [-0.2, 0) is 16.1 Å². The van der Waals surface area contributed by atoms with E-state index in [0.717, 1.165) is 5.69 Å². The maximum Gasteiger partial charge on any atom is 0.323 e. The molecule has 0 spiro atoms. The Morgan fingerprint density at radius 3 is 2.32 bits per heavy atom. The van der Waals surface area contributed by atoms with Gasteiger partial charge in [0.05, 0.1) is 22.2 Å². The van der Waals surface area contributed by atoms with Gasteiger partial charge in [-0.2, -0.15) is 0 Å². The molecule has 3 rings (SSSR count). The molecule has 0 saturated heterocycles. The third-order valence-corrected chi connectivity index (χ3v) is 7.11. The summed E-state index contributed by atoms with van der Waals surface area (Å²) in [7, 11) is 0. The normalized spacial score (nSPS) is 20.6. The van der Waals surface area contributed by atoms with Crippen molar-refractivity contribution < 1.29 is 19.8 Å². The molecule has 34 heavy (non-hydrogen) atoms. The number of benzene rings is 2. The number of hydrogen-bond donors (Lipinski definition) is 3. The third kappa shape index (κ3) is 7.11. The van der Waals surface area contributed by atoms with Gasteiger partial charge in [-0.1, -0.05) is 55.2 Å². The second-order valence-corrected chi connectivity index (χ2v) is 10.1. The van der Waals surface area contributed by atoms with E-state index in [4.69, 9.17) is 23.2 Å². The van der Waals surface area contributed by atoms with Crippen LogP contribution in [0, 0.1) is 5.92 Å². The smallest absolute Gasteiger partial charge is 0.323 e. The SMILES string of the molecule is CC(C)c1ccc(N[C@H]2CC[C@@H](C(=O)N(CC(=O)O)Cc3ccc(Cl)c(Cl)c3)CC[C@@H]2O)cc1. The summed E-state index contributed by atoms with van der Waals surface area (Å²) in [5, 5.41) is 24.3. The summed E-state index contributed by atoms with van der Waals surface area (Å²) in [5.74, 6) is -1.21. The number of carboxylic acid groups (broad SMARTS) is 1. The van der Waals surface area contributed by atoms with Gasteiger partial charge in [-0.25, -0.2) is 0 Å². The summed E-state index contributed by atoms with van der Waals surface area (Å²) in [4.78, 5) is 26.1. The topological polar surface area (TPSA) is 89.9 Å². The van der Waals surface area contributed by atoms with Gasteiger partial charge in [0, 0.05) is 18.2 Å². The van der Waals surface area contributed by atoms with Crippen molar-refractivity contribution in [1.82, 2.24) is 4.90 Å². The molecule has 0 aromatic heterocycles. The Hall–Kier alpha value is -2.28. The van der Waals surface area contributed by atoms with Gasteiger partial charge in [0.15, 0.2) is 0 Å². The van der Waals surface area contributed by atoms with Crippen molar-refractivity contribution >= 4 is 40.8 Å². The molecule has 0 unspecified atom stereocenters. The highest BCUT2D eigenvalue weighted by Gasteiger charge is 2.32. The van der Waals surface area contributed by atoms with Crippen molar-refractivity contribution in [3.63, 3.8) is 0 Å². The lowest BCUT2D eigenvalue weighted by atomic mass is 9.98. The molecule has 1 aliphatic carbocycles. The minimum Gasteiger partial charge on any atom is -0.480 e. The summed E-state index contributed by atoms with van der Waals surface area (Å²) >= 11 is 12.1. The number of halogens is 2. The number of carbonyl (C=O) groups excluding carboxylic acids is 1. The Balaban J connectivity index is 1.67. The number of aliphatic hydroxyl groups is 1. The lowest BCUT2D eigenvalue weighted by molar-refractivity contribution is -0.147. The molecule has 1 amide bonds. The number of anilines is 1. The van der Waals surface area contributed by atoms with Crippen molar-refractivity contribution in [2.75, 3.05) is 11.9 Å². The van der Waals surface area contributed by atoms with Crippen LogP contribution < -0.4 is 5.32 Å². The second-order valence-electron chi connectivity index (χ2n) is 9.28. The fourth-order valence-electron chi connectivity index (χ4n) is 4.38. The highest BCUT2D eigenvalue weighted by Crippen LogP contribution is 2.29. The van der Waals surface area contributed by atoms with Crippen molar-refractivity contribution in [2.24, 2.45) is 5.92 Å². The van der Waals surface area contributed by atoms with Gasteiger partial charge in [-0.15, -0.1) is 0 Å². The Labute approximate surface area is 210 Å². The molecule has 1 saturated carbocycles. The number of carboxylic acids is 1. The minimum atomic E-state index is -1.08. The van der Waals surface area contributed by atoms with Crippen LogP contribution in [-0.4, -0.2) is 45.7 Å². The van der Waals surface area contributed by atoms with Crippen molar-refractivity contribution in [1.29, 1.82) is 0 Å². The zero-order valence-electron chi connectivity index (χ0n) is 19.5. The number of nitrogens with one attached hydrogen (secondary N) is 1. The van der Waals surface area contributed by atoms with Gasteiger partial charge in [-0.05, 0) is 67.0 Å². The van der Waals surface area contributed by atoms with E-state index in [1.807, 2.05) is 12.1 Å². The van der Waals surface area contributed by atoms with Crippen LogP contribution in [0.25, 0.3) is 0 Å². The van der Waals surface area contributed by atoms with Gasteiger partial charge in [0.1, 0.15) is 6.54 Å². The van der Waals surface area contributed by atoms with Gasteiger partial charge in [0.2, 0.25) is 5.91 Å². The van der Waals surface area contributed by atoms with Crippen LogP contribution in [0.4, 0.5) is 5.69 Å². The first-order valence-corrected chi connectivity index (χ1v) is 12.4. The number of amides is 1. The van der Waals surface area contributed by atoms with E-state index in [-0.39, 0.29) is 24.4 Å². The molecule has 184 valence electrons. The van der Waals surface area contributed by atoms with E-state index in [2.05, 4.69) is 31.3 Å². The van der Waals surface area contributed by atoms with Crippen LogP contribution in [0.2, 0.25) is 10.0 Å². The molecule has 3 N–H and O–H groups in total. The lowest BCUT2D eigenvalue weighted by Crippen LogP contribution is -2.39. The number of nitrogens with zero attached hydrogens (tertiary/aromatic N) is 1. The van der Waals surface area contributed by atoms with E-state index in [0.29, 0.717) is 47.2 Å². The fraction of sp³-hybridized carbons (Fsp3) is 0.462. The molecule has 3 atom stereocenters. The summed E-state index contributed by atoms with van der Waals surface area (Å²) < 4.78 is 0. The first-order chi connectivity index (χ1) is 16.1. The fourth-order valence-corrected chi connectivity index (χ4v) is 4.70. The Kier molecular flexibility index (Phi) is 9.23. The number of aliphatic carboxylic acids is 1. The van der Waals surface area contributed by atoms with Crippen LogP contribution >= 0.6 is 23.2 Å². The first-order valence-electron chi connectivity index (χ1n) is 11.6. The van der Waals surface area contributed by atoms with Crippen molar-refractivity contribution in [3.05, 3.63) is 63.6 Å². The number of carbonyl (C=O) groups is 2. The maximum absolute atomic E-state index is 13.3. The second kappa shape index (κ2) is 11.9. The number of rotatable bonds is 8. The van der Waals surface area contributed by atoms with Crippen molar-refractivity contribution in [2.45, 2.75) is 64.1 Å². The number of hydrogen-bond acceptors (Lipinski definition) is 4. The van der Waals surface area contributed by atoms with Gasteiger partial charge < -0.3 is 20.4 Å². The minimum absolute atomic E-state index is 0.130. The molecule has 1 fully saturated rings. The van der Waals surface area contributed by atoms with Gasteiger partial charge >= 0.3 is 5.97 Å².